The van der Waals surface area contributed by atoms with Crippen LogP contribution in [0, 0.1) is 30.4 Å². The Balaban J connectivity index is 1.88. The Bertz CT molecular complexity index is 677. The largest absolute Gasteiger partial charge is 0.381 e. The highest BCUT2D eigenvalue weighted by atomic mass is 35.5. The first kappa shape index (κ1) is 17.8. The summed E-state index contributed by atoms with van der Waals surface area (Å²) in [5.41, 5.74) is 1.73. The number of ether oxygens (including phenoxy) is 1. The fourth-order valence-corrected chi connectivity index (χ4v) is 3.08. The van der Waals surface area contributed by atoms with Crippen LogP contribution in [-0.4, -0.2) is 28.1 Å². The molecular weight excluding hydrogens is 338 g/mol. The number of aromatic nitrogens is 2. The van der Waals surface area contributed by atoms with E-state index in [-0.39, 0.29) is 10.8 Å². The number of aryl methyl sites for hydroxylation is 2. The number of halogens is 1. The summed E-state index contributed by atoms with van der Waals surface area (Å²) in [6.45, 7) is 4.43. The molecular formula is C15H17ClN3O3S. The molecule has 0 aliphatic heterocycles. The molecule has 123 valence electrons. The Kier molecular flexibility index (Phi) is 6.44. The normalized spacial score (nSPS) is 10.9. The monoisotopic (exact) mass is 354 g/mol. The van der Waals surface area contributed by atoms with E-state index in [1.165, 1.54) is 0 Å². The fourth-order valence-electron chi connectivity index (χ4n) is 2.12. The zero-order valence-electron chi connectivity index (χ0n) is 12.9. The molecule has 8 heteroatoms. The molecule has 0 fully saturated rings. The van der Waals surface area contributed by atoms with E-state index in [2.05, 4.69) is 9.97 Å². The van der Waals surface area contributed by atoms with Crippen molar-refractivity contribution in [1.29, 1.82) is 0 Å². The molecule has 23 heavy (non-hydrogen) atoms. The predicted molar refractivity (Wildman–Crippen MR) is 90.0 cm³/mol. The van der Waals surface area contributed by atoms with Gasteiger partial charge in [0.05, 0.1) is 16.5 Å². The molecule has 0 aromatic carbocycles. The molecule has 0 aliphatic rings. The van der Waals surface area contributed by atoms with E-state index in [1.54, 1.807) is 37.8 Å². The molecule has 2 aromatic rings. The van der Waals surface area contributed by atoms with Crippen LogP contribution in [0.5, 0.6) is 0 Å². The van der Waals surface area contributed by atoms with Crippen molar-refractivity contribution in [3.05, 3.63) is 55.1 Å². The van der Waals surface area contributed by atoms with Gasteiger partial charge in [0.15, 0.2) is 0 Å². The average Bonchev–Trinajstić information content (AvgIpc) is 3.00. The minimum absolute atomic E-state index is 0.0897. The lowest BCUT2D eigenvalue weighted by Crippen LogP contribution is -2.06. The van der Waals surface area contributed by atoms with Gasteiger partial charge < -0.3 is 4.74 Å². The van der Waals surface area contributed by atoms with Crippen molar-refractivity contribution in [3.63, 3.8) is 0 Å². The lowest BCUT2D eigenvalue weighted by atomic mass is 10.0. The smallest absolute Gasteiger partial charge is 0.310 e. The van der Waals surface area contributed by atoms with E-state index in [9.17, 15) is 10.1 Å². The number of rotatable bonds is 8. The fraction of sp³-hybridized carbons (Fsp3) is 0.400. The Labute approximate surface area is 143 Å². The zero-order chi connectivity index (χ0) is 16.8. The van der Waals surface area contributed by atoms with Gasteiger partial charge in [0.1, 0.15) is 0 Å². The molecule has 1 radical (unpaired) electrons. The van der Waals surface area contributed by atoms with Crippen LogP contribution >= 0.6 is 22.9 Å². The van der Waals surface area contributed by atoms with Gasteiger partial charge >= 0.3 is 5.69 Å². The summed E-state index contributed by atoms with van der Waals surface area (Å²) in [5, 5.41) is 14.1. The van der Waals surface area contributed by atoms with Crippen LogP contribution in [-0.2, 0) is 11.2 Å². The van der Waals surface area contributed by atoms with Gasteiger partial charge in [-0.15, -0.1) is 11.3 Å². The summed E-state index contributed by atoms with van der Waals surface area (Å²) in [6.07, 6.45) is 5.21. The molecule has 6 nitrogen and oxygen atoms in total. The number of hydrogen-bond acceptors (Lipinski definition) is 6. The lowest BCUT2D eigenvalue weighted by molar-refractivity contribution is -0.385. The van der Waals surface area contributed by atoms with Crippen molar-refractivity contribution in [2.75, 3.05) is 13.2 Å². The molecule has 2 rings (SSSR count). The van der Waals surface area contributed by atoms with Crippen LogP contribution < -0.4 is 0 Å². The Morgan fingerprint density at radius 3 is 2.91 bits per heavy atom. The van der Waals surface area contributed by atoms with Gasteiger partial charge in [0.25, 0.3) is 0 Å². The van der Waals surface area contributed by atoms with Gasteiger partial charge in [0.2, 0.25) is 5.15 Å². The first-order chi connectivity index (χ1) is 11.0. The van der Waals surface area contributed by atoms with Crippen LogP contribution in [0.25, 0.3) is 0 Å². The highest BCUT2D eigenvalue weighted by Gasteiger charge is 2.23. The van der Waals surface area contributed by atoms with Crippen LogP contribution in [0.2, 0.25) is 5.15 Å². The third-order valence-electron chi connectivity index (χ3n) is 3.41. The summed E-state index contributed by atoms with van der Waals surface area (Å²) in [4.78, 5) is 18.9. The zero-order valence-corrected chi connectivity index (χ0v) is 14.5. The summed E-state index contributed by atoms with van der Waals surface area (Å²) in [5.74, 6) is 0. The maximum atomic E-state index is 11.2. The molecule has 0 aliphatic carbocycles. The van der Waals surface area contributed by atoms with Crippen LogP contribution in [0.1, 0.15) is 28.2 Å². The summed E-state index contributed by atoms with van der Waals surface area (Å²) in [7, 11) is 0. The van der Waals surface area contributed by atoms with E-state index in [0.29, 0.717) is 24.5 Å². The second-order valence-corrected chi connectivity index (χ2v) is 6.28. The van der Waals surface area contributed by atoms with Crippen LogP contribution in [0.15, 0.2) is 11.6 Å². The van der Waals surface area contributed by atoms with Gasteiger partial charge in [-0.2, -0.15) is 0 Å². The molecule has 0 N–H and O–H groups in total. The molecule has 0 saturated carbocycles. The van der Waals surface area contributed by atoms with Crippen LogP contribution in [0.4, 0.5) is 5.69 Å². The molecule has 0 bridgehead atoms. The maximum absolute atomic E-state index is 11.2. The second-order valence-electron chi connectivity index (χ2n) is 4.94. The average molecular weight is 355 g/mol. The van der Waals surface area contributed by atoms with E-state index < -0.39 is 4.92 Å². The van der Waals surface area contributed by atoms with Crippen molar-refractivity contribution in [2.45, 2.75) is 26.7 Å². The first-order valence-electron chi connectivity index (χ1n) is 7.11. The Hall–Kier alpha value is -1.57. The van der Waals surface area contributed by atoms with Crippen molar-refractivity contribution < 1.29 is 9.66 Å². The molecule has 0 saturated heterocycles. The van der Waals surface area contributed by atoms with Gasteiger partial charge in [-0.3, -0.25) is 10.1 Å². The van der Waals surface area contributed by atoms with Crippen LogP contribution in [0.3, 0.4) is 0 Å². The Morgan fingerprint density at radius 2 is 2.26 bits per heavy atom. The van der Waals surface area contributed by atoms with Crippen molar-refractivity contribution >= 4 is 28.6 Å². The van der Waals surface area contributed by atoms with Gasteiger partial charge in [-0.25, -0.2) is 9.97 Å². The third-order valence-corrected chi connectivity index (χ3v) is 4.52. The standard InChI is InChI=1S/C15H17ClN3O3S/c1-10-11(2)18-15(16)14(19(20)21)12(10)5-8-22-7-3-4-13-17-6-9-23-13/h5-6,9H,3-4,7-8H2,1-2H3. The number of nitrogens with zero attached hydrogens (tertiary/aromatic N) is 3. The van der Waals surface area contributed by atoms with E-state index >= 15 is 0 Å². The minimum Gasteiger partial charge on any atom is -0.381 e. The Morgan fingerprint density at radius 1 is 1.48 bits per heavy atom. The van der Waals surface area contributed by atoms with E-state index in [4.69, 9.17) is 16.3 Å². The topological polar surface area (TPSA) is 78.2 Å². The predicted octanol–water partition coefficient (Wildman–Crippen LogP) is 3.92. The maximum Gasteiger partial charge on any atom is 0.310 e. The highest BCUT2D eigenvalue weighted by Crippen LogP contribution is 2.31. The van der Waals surface area contributed by atoms with Crippen molar-refractivity contribution in [1.82, 2.24) is 9.97 Å². The SMILES string of the molecule is Cc1nc(Cl)c([N+](=O)[O-])c([CH]COCCCc2nccs2)c1C. The summed E-state index contributed by atoms with van der Waals surface area (Å²) in [6, 6.07) is 0. The van der Waals surface area contributed by atoms with E-state index in [0.717, 1.165) is 23.4 Å². The molecule has 2 aromatic heterocycles. The highest BCUT2D eigenvalue weighted by molar-refractivity contribution is 7.09. The minimum atomic E-state index is -0.504. The number of pyridine rings is 1. The van der Waals surface area contributed by atoms with Gasteiger partial charge in [-0.1, -0.05) is 11.6 Å². The second kappa shape index (κ2) is 8.33. The molecule has 2 heterocycles. The number of thiazole rings is 1. The van der Waals surface area contributed by atoms with E-state index in [1.807, 2.05) is 5.38 Å². The van der Waals surface area contributed by atoms with Crippen molar-refractivity contribution in [3.8, 4) is 0 Å². The third kappa shape index (κ3) is 4.70. The molecule has 0 spiro atoms. The van der Waals surface area contributed by atoms with Crippen molar-refractivity contribution in [2.24, 2.45) is 0 Å². The molecule has 0 atom stereocenters. The number of hydrogen-bond donors (Lipinski definition) is 0. The lowest BCUT2D eigenvalue weighted by Gasteiger charge is -2.10. The van der Waals surface area contributed by atoms with Gasteiger partial charge in [-0.05, 0) is 25.8 Å². The van der Waals surface area contributed by atoms with Gasteiger partial charge in [0, 0.05) is 42.3 Å². The molecule has 0 amide bonds. The molecule has 0 unspecified atom stereocenters. The first-order valence-corrected chi connectivity index (χ1v) is 8.37. The number of nitro groups is 1. The summed E-state index contributed by atoms with van der Waals surface area (Å²) < 4.78 is 5.54. The summed E-state index contributed by atoms with van der Waals surface area (Å²) >= 11 is 7.52. The quantitative estimate of drug-likeness (QED) is 0.311.